The summed E-state index contributed by atoms with van der Waals surface area (Å²) in [6.07, 6.45) is 3.97. The van der Waals surface area contributed by atoms with Crippen LogP contribution in [0.5, 0.6) is 0 Å². The molecule has 0 spiro atoms. The van der Waals surface area contributed by atoms with Gasteiger partial charge in [0.05, 0.1) is 4.90 Å². The first-order valence-corrected chi connectivity index (χ1v) is 9.52. The van der Waals surface area contributed by atoms with Crippen LogP contribution in [0.4, 0.5) is 0 Å². The highest BCUT2D eigenvalue weighted by Crippen LogP contribution is 2.35. The first-order chi connectivity index (χ1) is 9.50. The summed E-state index contributed by atoms with van der Waals surface area (Å²) < 4.78 is 27.5. The van der Waals surface area contributed by atoms with E-state index in [1.807, 2.05) is 20.0 Å². The highest BCUT2D eigenvalue weighted by Gasteiger charge is 2.38. The van der Waals surface area contributed by atoms with Gasteiger partial charge in [0.25, 0.3) is 0 Å². The summed E-state index contributed by atoms with van der Waals surface area (Å²) in [5.41, 5.74) is 0. The van der Waals surface area contributed by atoms with E-state index in [0.29, 0.717) is 11.4 Å². The topological polar surface area (TPSA) is 49.4 Å². The zero-order valence-corrected chi connectivity index (χ0v) is 14.1. The summed E-state index contributed by atoms with van der Waals surface area (Å²) in [6, 6.07) is 2.08. The van der Waals surface area contributed by atoms with Gasteiger partial charge in [-0.2, -0.15) is 4.31 Å². The SMILES string of the molecule is CCCCN(C1CC1)S(=O)(=O)c1cc(CNC)sc1C. The van der Waals surface area contributed by atoms with Gasteiger partial charge < -0.3 is 5.32 Å². The normalized spacial score (nSPS) is 16.0. The maximum absolute atomic E-state index is 12.9. The maximum Gasteiger partial charge on any atom is 0.244 e. The molecule has 0 amide bonds. The molecule has 0 aromatic carbocycles. The Balaban J connectivity index is 2.27. The predicted molar refractivity (Wildman–Crippen MR) is 83.6 cm³/mol. The van der Waals surface area contributed by atoms with Crippen LogP contribution in [0.3, 0.4) is 0 Å². The number of hydrogen-bond donors (Lipinski definition) is 1. The van der Waals surface area contributed by atoms with Crippen molar-refractivity contribution in [3.05, 3.63) is 15.8 Å². The Morgan fingerprint density at radius 3 is 2.70 bits per heavy atom. The minimum atomic E-state index is -3.32. The van der Waals surface area contributed by atoms with Gasteiger partial charge in [0.15, 0.2) is 0 Å². The Labute approximate surface area is 126 Å². The number of nitrogens with one attached hydrogen (secondary N) is 1. The first kappa shape index (κ1) is 15.9. The second kappa shape index (κ2) is 6.56. The number of thiophene rings is 1. The van der Waals surface area contributed by atoms with E-state index in [1.54, 1.807) is 15.6 Å². The lowest BCUT2D eigenvalue weighted by Gasteiger charge is -2.21. The molecule has 1 aliphatic carbocycles. The molecule has 1 saturated carbocycles. The molecule has 1 aromatic rings. The van der Waals surface area contributed by atoms with Gasteiger partial charge in [0.2, 0.25) is 10.0 Å². The van der Waals surface area contributed by atoms with Gasteiger partial charge in [-0.25, -0.2) is 8.42 Å². The van der Waals surface area contributed by atoms with Crippen molar-refractivity contribution in [3.63, 3.8) is 0 Å². The molecule has 0 bridgehead atoms. The van der Waals surface area contributed by atoms with Crippen molar-refractivity contribution < 1.29 is 8.42 Å². The Bertz CT molecular complexity index is 548. The fourth-order valence-corrected chi connectivity index (χ4v) is 5.68. The highest BCUT2D eigenvalue weighted by atomic mass is 32.2. The van der Waals surface area contributed by atoms with Crippen LogP contribution >= 0.6 is 11.3 Å². The van der Waals surface area contributed by atoms with Gasteiger partial charge in [0.1, 0.15) is 0 Å². The number of aryl methyl sites for hydroxylation is 1. The van der Waals surface area contributed by atoms with Crippen LogP contribution in [-0.4, -0.2) is 32.4 Å². The molecular weight excluding hydrogens is 292 g/mol. The summed E-state index contributed by atoms with van der Waals surface area (Å²) in [6.45, 7) is 5.37. The van der Waals surface area contributed by atoms with Gasteiger partial charge in [0, 0.05) is 28.9 Å². The molecule has 0 saturated heterocycles. The monoisotopic (exact) mass is 316 g/mol. The number of nitrogens with zero attached hydrogens (tertiary/aromatic N) is 1. The van der Waals surface area contributed by atoms with Crippen molar-refractivity contribution >= 4 is 21.4 Å². The van der Waals surface area contributed by atoms with Crippen molar-refractivity contribution in [2.24, 2.45) is 0 Å². The van der Waals surface area contributed by atoms with E-state index in [9.17, 15) is 8.42 Å². The lowest BCUT2D eigenvalue weighted by atomic mass is 10.3. The Morgan fingerprint density at radius 1 is 1.45 bits per heavy atom. The number of rotatable bonds is 8. The third-order valence-electron chi connectivity index (χ3n) is 3.55. The molecule has 1 heterocycles. The number of unbranched alkanes of at least 4 members (excludes halogenated alkanes) is 1. The van der Waals surface area contributed by atoms with Gasteiger partial charge in [-0.05, 0) is 39.3 Å². The van der Waals surface area contributed by atoms with Crippen LogP contribution in [0.1, 0.15) is 42.4 Å². The van der Waals surface area contributed by atoms with E-state index >= 15 is 0 Å². The molecule has 0 atom stereocenters. The minimum Gasteiger partial charge on any atom is -0.315 e. The van der Waals surface area contributed by atoms with Gasteiger partial charge in [-0.3, -0.25) is 0 Å². The summed E-state index contributed by atoms with van der Waals surface area (Å²) >= 11 is 1.57. The summed E-state index contributed by atoms with van der Waals surface area (Å²) in [5, 5.41) is 3.08. The Morgan fingerprint density at radius 2 is 2.15 bits per heavy atom. The molecule has 1 N–H and O–H groups in total. The highest BCUT2D eigenvalue weighted by molar-refractivity contribution is 7.89. The number of hydrogen-bond acceptors (Lipinski definition) is 4. The minimum absolute atomic E-state index is 0.235. The molecule has 2 rings (SSSR count). The third kappa shape index (κ3) is 3.42. The van der Waals surface area contributed by atoms with E-state index in [0.717, 1.165) is 42.0 Å². The molecule has 4 nitrogen and oxygen atoms in total. The van der Waals surface area contributed by atoms with E-state index < -0.39 is 10.0 Å². The van der Waals surface area contributed by atoms with Crippen molar-refractivity contribution in [2.75, 3.05) is 13.6 Å². The molecule has 0 aliphatic heterocycles. The van der Waals surface area contributed by atoms with E-state index in [4.69, 9.17) is 0 Å². The molecule has 1 aromatic heterocycles. The van der Waals surface area contributed by atoms with Gasteiger partial charge in [-0.1, -0.05) is 13.3 Å². The first-order valence-electron chi connectivity index (χ1n) is 7.26. The van der Waals surface area contributed by atoms with Crippen molar-refractivity contribution in [1.29, 1.82) is 0 Å². The van der Waals surface area contributed by atoms with Crippen LogP contribution in [0.2, 0.25) is 0 Å². The lowest BCUT2D eigenvalue weighted by Crippen LogP contribution is -2.34. The third-order valence-corrected chi connectivity index (χ3v) is 6.80. The Hall–Kier alpha value is -0.430. The largest absolute Gasteiger partial charge is 0.315 e. The average molecular weight is 316 g/mol. The molecule has 0 radical (unpaired) electrons. The van der Waals surface area contributed by atoms with Gasteiger partial charge in [-0.15, -0.1) is 11.3 Å². The summed E-state index contributed by atoms with van der Waals surface area (Å²) in [5.74, 6) is 0. The summed E-state index contributed by atoms with van der Waals surface area (Å²) in [4.78, 5) is 2.49. The van der Waals surface area contributed by atoms with E-state index in [-0.39, 0.29) is 6.04 Å². The zero-order chi connectivity index (χ0) is 14.8. The van der Waals surface area contributed by atoms with Crippen LogP contribution in [0.15, 0.2) is 11.0 Å². The average Bonchev–Trinajstić information content (AvgIpc) is 3.14. The number of sulfonamides is 1. The standard InChI is InChI=1S/C14H24N2O2S2/c1-4-5-8-16(12-6-7-12)20(17,18)14-9-13(10-15-3)19-11(14)2/h9,12,15H,4-8,10H2,1-3H3. The quantitative estimate of drug-likeness (QED) is 0.802. The second-order valence-electron chi connectivity index (χ2n) is 5.36. The van der Waals surface area contributed by atoms with E-state index in [2.05, 4.69) is 12.2 Å². The molecule has 6 heteroatoms. The van der Waals surface area contributed by atoms with Crippen LogP contribution < -0.4 is 5.32 Å². The maximum atomic E-state index is 12.9. The smallest absolute Gasteiger partial charge is 0.244 e. The second-order valence-corrected chi connectivity index (χ2v) is 8.56. The van der Waals surface area contributed by atoms with Crippen LogP contribution in [0.25, 0.3) is 0 Å². The van der Waals surface area contributed by atoms with Crippen molar-refractivity contribution in [2.45, 2.75) is 57.0 Å². The molecule has 1 aliphatic rings. The molecule has 114 valence electrons. The fraction of sp³-hybridized carbons (Fsp3) is 0.714. The zero-order valence-electron chi connectivity index (χ0n) is 12.5. The molecule has 1 fully saturated rings. The van der Waals surface area contributed by atoms with Crippen molar-refractivity contribution in [1.82, 2.24) is 9.62 Å². The van der Waals surface area contributed by atoms with Crippen LogP contribution in [-0.2, 0) is 16.6 Å². The Kier molecular flexibility index (Phi) is 5.23. The molecule has 20 heavy (non-hydrogen) atoms. The predicted octanol–water partition coefficient (Wildman–Crippen LogP) is 2.73. The summed E-state index contributed by atoms with van der Waals surface area (Å²) in [7, 11) is -1.45. The van der Waals surface area contributed by atoms with Crippen molar-refractivity contribution in [3.8, 4) is 0 Å². The van der Waals surface area contributed by atoms with Gasteiger partial charge >= 0.3 is 0 Å². The molecule has 0 unspecified atom stereocenters. The fourth-order valence-electron chi connectivity index (χ4n) is 2.34. The van der Waals surface area contributed by atoms with Crippen LogP contribution in [0, 0.1) is 6.92 Å². The van der Waals surface area contributed by atoms with E-state index in [1.165, 1.54) is 0 Å². The lowest BCUT2D eigenvalue weighted by molar-refractivity contribution is 0.395. The molecular formula is C14H24N2O2S2.